The van der Waals surface area contributed by atoms with Crippen molar-refractivity contribution >= 4 is 54.1 Å². The van der Waals surface area contributed by atoms with Crippen molar-refractivity contribution in [1.82, 2.24) is 4.57 Å². The van der Waals surface area contributed by atoms with Crippen molar-refractivity contribution in [1.29, 1.82) is 0 Å². The van der Waals surface area contributed by atoms with Gasteiger partial charge in [0, 0.05) is 16.5 Å². The molecule has 1 nitrogen and oxygen atoms in total. The first-order chi connectivity index (χ1) is 33.4. The number of benzene rings is 12. The third kappa shape index (κ3) is 6.54. The van der Waals surface area contributed by atoms with Crippen LogP contribution in [0.2, 0.25) is 0 Å². The number of aromatic nitrogens is 1. The minimum atomic E-state index is 1.13. The summed E-state index contributed by atoms with van der Waals surface area (Å²) in [4.78, 5) is 0. The fraction of sp³-hybridized carbons (Fsp3) is 0.0448. The van der Waals surface area contributed by atoms with Crippen LogP contribution in [0.5, 0.6) is 0 Å². The number of fused-ring (bicyclic) bond motifs is 3. The van der Waals surface area contributed by atoms with Crippen LogP contribution in [-0.4, -0.2) is 4.57 Å². The molecule has 0 radical (unpaired) electrons. The molecule has 0 saturated heterocycles. The van der Waals surface area contributed by atoms with E-state index in [1.165, 1.54) is 138 Å². The minimum absolute atomic E-state index is 1.13. The molecule has 12 aromatic carbocycles. The van der Waals surface area contributed by atoms with Gasteiger partial charge in [-0.2, -0.15) is 0 Å². The zero-order chi connectivity index (χ0) is 45.5. The Morgan fingerprint density at radius 3 is 0.882 bits per heavy atom. The van der Waals surface area contributed by atoms with Crippen molar-refractivity contribution in [2.45, 2.75) is 20.8 Å². The third-order valence-electron chi connectivity index (χ3n) is 14.4. The zero-order valence-corrected chi connectivity index (χ0v) is 38.4. The highest BCUT2D eigenvalue weighted by molar-refractivity contribution is 6.32. The fourth-order valence-electron chi connectivity index (χ4n) is 10.9. The van der Waals surface area contributed by atoms with Gasteiger partial charge >= 0.3 is 0 Å². The molecule has 1 heterocycles. The van der Waals surface area contributed by atoms with Crippen molar-refractivity contribution in [3.8, 4) is 72.4 Å². The average molecular weight is 866 g/mol. The van der Waals surface area contributed by atoms with Crippen LogP contribution >= 0.6 is 0 Å². The molecule has 0 aliphatic rings. The third-order valence-corrected chi connectivity index (χ3v) is 14.4. The topological polar surface area (TPSA) is 4.93 Å². The maximum atomic E-state index is 2.44. The van der Waals surface area contributed by atoms with Crippen LogP contribution in [-0.2, 0) is 0 Å². The Hall–Kier alpha value is -8.52. The van der Waals surface area contributed by atoms with Crippen LogP contribution in [0.25, 0.3) is 127 Å². The summed E-state index contributed by atoms with van der Waals surface area (Å²) in [7, 11) is 0. The zero-order valence-electron chi connectivity index (χ0n) is 38.4. The molecule has 0 fully saturated rings. The molecule has 0 aliphatic heterocycles. The highest BCUT2D eigenvalue weighted by Gasteiger charge is 2.22. The lowest BCUT2D eigenvalue weighted by molar-refractivity contribution is 1.18. The van der Waals surface area contributed by atoms with Crippen LogP contribution in [0, 0.1) is 20.8 Å². The molecule has 13 aromatic rings. The Balaban J connectivity index is 1.04. The smallest absolute Gasteiger partial charge is 0.0541 e. The van der Waals surface area contributed by atoms with Crippen molar-refractivity contribution in [2.75, 3.05) is 0 Å². The van der Waals surface area contributed by atoms with Crippen LogP contribution in [0.1, 0.15) is 16.7 Å². The molecule has 320 valence electrons. The summed E-state index contributed by atoms with van der Waals surface area (Å²) < 4.78 is 2.44. The lowest BCUT2D eigenvalue weighted by atomic mass is 9.82. The second kappa shape index (κ2) is 15.8. The van der Waals surface area contributed by atoms with Crippen LogP contribution in [0.15, 0.2) is 231 Å². The summed E-state index contributed by atoms with van der Waals surface area (Å²) in [5.41, 5.74) is 22.0. The Labute approximate surface area is 397 Å². The fourth-order valence-corrected chi connectivity index (χ4v) is 10.9. The first kappa shape index (κ1) is 39.8. The van der Waals surface area contributed by atoms with E-state index in [2.05, 4.69) is 256 Å². The Morgan fingerprint density at radius 2 is 0.544 bits per heavy atom. The molecule has 1 heteroatoms. The summed E-state index contributed by atoms with van der Waals surface area (Å²) in [6.07, 6.45) is 0. The molecule has 0 aliphatic carbocycles. The number of hydrogen-bond acceptors (Lipinski definition) is 0. The number of hydrogen-bond donors (Lipinski definition) is 0. The minimum Gasteiger partial charge on any atom is -0.309 e. The van der Waals surface area contributed by atoms with E-state index in [9.17, 15) is 0 Å². The van der Waals surface area contributed by atoms with Gasteiger partial charge in [-0.05, 0) is 168 Å². The van der Waals surface area contributed by atoms with Crippen LogP contribution in [0.3, 0.4) is 0 Å². The second-order valence-corrected chi connectivity index (χ2v) is 18.7. The molecule has 0 amide bonds. The molecule has 0 N–H and O–H groups in total. The molecule has 0 atom stereocenters. The first-order valence-electron chi connectivity index (χ1n) is 23.7. The lowest BCUT2D eigenvalue weighted by Crippen LogP contribution is -1.96. The molecule has 1 aromatic heterocycles. The molecule has 0 saturated carbocycles. The van der Waals surface area contributed by atoms with E-state index < -0.39 is 0 Å². The Kier molecular flexibility index (Phi) is 9.27. The van der Waals surface area contributed by atoms with Crippen molar-refractivity contribution in [3.63, 3.8) is 0 Å². The SMILES string of the molecule is Cc1ccc(-c2cc(-c3ccc(C)cc3)c3ccc4c(-c5ccc(-n6c7ccc(-c8ccccc8)cc7c7cc(-c8ccccc8)ccc76)cc5)cc(-c5ccc(C)cc5)c5ccc2c3c54)cc1. The Morgan fingerprint density at radius 1 is 0.235 bits per heavy atom. The maximum Gasteiger partial charge on any atom is 0.0541 e. The highest BCUT2D eigenvalue weighted by atomic mass is 15.0. The standard InChI is InChI=1S/C67H47N/c1-42-14-20-47(21-15-42)58-40-59(48-22-16-43(2)17-23-48)55-34-35-57-61(41-60(49-24-18-44(3)19-25-49)56-33-32-54(58)66(55)67(56)57)50-26-30-53(31-27-50)68-64-36-28-51(45-10-6-4-7-11-45)38-62(64)63-39-52(29-37-65(63)68)46-12-8-5-9-13-46/h4-41H,1-3H3. The van der Waals surface area contributed by atoms with Gasteiger partial charge in [0.05, 0.1) is 11.0 Å². The highest BCUT2D eigenvalue weighted by Crippen LogP contribution is 2.49. The van der Waals surface area contributed by atoms with E-state index in [-0.39, 0.29) is 0 Å². The summed E-state index contributed by atoms with van der Waals surface area (Å²) in [5.74, 6) is 0. The first-order valence-corrected chi connectivity index (χ1v) is 23.7. The van der Waals surface area contributed by atoms with E-state index in [1.807, 2.05) is 0 Å². The van der Waals surface area contributed by atoms with Crippen molar-refractivity contribution < 1.29 is 0 Å². The number of aryl methyl sites for hydroxylation is 3. The van der Waals surface area contributed by atoms with Crippen LogP contribution in [0.4, 0.5) is 0 Å². The molecule has 68 heavy (non-hydrogen) atoms. The van der Waals surface area contributed by atoms with Gasteiger partial charge in [-0.1, -0.05) is 199 Å². The predicted octanol–water partition coefficient (Wildman–Crippen LogP) is 18.6. The number of rotatable bonds is 7. The van der Waals surface area contributed by atoms with E-state index in [4.69, 9.17) is 0 Å². The van der Waals surface area contributed by atoms with Gasteiger partial charge < -0.3 is 4.57 Å². The van der Waals surface area contributed by atoms with Gasteiger partial charge in [0.1, 0.15) is 0 Å². The van der Waals surface area contributed by atoms with Gasteiger partial charge in [-0.15, -0.1) is 0 Å². The molecule has 13 rings (SSSR count). The largest absolute Gasteiger partial charge is 0.309 e. The molecule has 0 unspecified atom stereocenters. The van der Waals surface area contributed by atoms with Gasteiger partial charge in [0.2, 0.25) is 0 Å². The molecule has 0 spiro atoms. The number of nitrogens with zero attached hydrogens (tertiary/aromatic N) is 1. The summed E-state index contributed by atoms with van der Waals surface area (Å²) >= 11 is 0. The molecule has 0 bridgehead atoms. The summed E-state index contributed by atoms with van der Waals surface area (Å²) in [6.45, 7) is 6.50. The molecular formula is C67H47N. The van der Waals surface area contributed by atoms with Crippen molar-refractivity contribution in [2.24, 2.45) is 0 Å². The van der Waals surface area contributed by atoms with Gasteiger partial charge in [-0.25, -0.2) is 0 Å². The van der Waals surface area contributed by atoms with Gasteiger partial charge in [0.25, 0.3) is 0 Å². The van der Waals surface area contributed by atoms with Gasteiger partial charge in [0.15, 0.2) is 0 Å². The van der Waals surface area contributed by atoms with E-state index in [1.54, 1.807) is 0 Å². The maximum absolute atomic E-state index is 2.44. The monoisotopic (exact) mass is 865 g/mol. The van der Waals surface area contributed by atoms with Crippen molar-refractivity contribution in [3.05, 3.63) is 247 Å². The van der Waals surface area contributed by atoms with E-state index >= 15 is 0 Å². The lowest BCUT2D eigenvalue weighted by Gasteiger charge is -2.22. The predicted molar refractivity (Wildman–Crippen MR) is 291 cm³/mol. The summed E-state index contributed by atoms with van der Waals surface area (Å²) in [6, 6.07) is 86.2. The van der Waals surface area contributed by atoms with Gasteiger partial charge in [-0.3, -0.25) is 0 Å². The van der Waals surface area contributed by atoms with Crippen LogP contribution < -0.4 is 0 Å². The van der Waals surface area contributed by atoms with E-state index in [0.29, 0.717) is 0 Å². The van der Waals surface area contributed by atoms with E-state index in [0.717, 1.165) is 5.69 Å². The Bertz CT molecular complexity index is 3860. The second-order valence-electron chi connectivity index (χ2n) is 18.7. The quantitative estimate of drug-likeness (QED) is 0.141. The normalized spacial score (nSPS) is 11.8. The molecular weight excluding hydrogens is 819 g/mol. The summed E-state index contributed by atoms with van der Waals surface area (Å²) in [5, 5.41) is 10.2. The average Bonchev–Trinajstić information content (AvgIpc) is 3.72.